The first-order valence-electron chi connectivity index (χ1n) is 10.0. The van der Waals surface area contributed by atoms with Crippen molar-refractivity contribution in [2.75, 3.05) is 6.79 Å². The molecule has 1 aliphatic rings. The highest BCUT2D eigenvalue weighted by molar-refractivity contribution is 5.44. The first kappa shape index (κ1) is 19.6. The molecule has 0 bridgehead atoms. The second-order valence-corrected chi connectivity index (χ2v) is 7.42. The molecule has 0 saturated carbocycles. The van der Waals surface area contributed by atoms with Crippen molar-refractivity contribution >= 4 is 0 Å². The van der Waals surface area contributed by atoms with Crippen molar-refractivity contribution in [3.05, 3.63) is 71.6 Å². The minimum atomic E-state index is -0.915. The van der Waals surface area contributed by atoms with E-state index in [-0.39, 0.29) is 6.79 Å². The summed E-state index contributed by atoms with van der Waals surface area (Å²) in [5.41, 5.74) is 0.202. The maximum atomic E-state index is 10.7. The van der Waals surface area contributed by atoms with E-state index < -0.39 is 5.60 Å². The summed E-state index contributed by atoms with van der Waals surface area (Å²) in [6.07, 6.45) is 2.91. The molecule has 0 aliphatic carbocycles. The molecule has 29 heavy (non-hydrogen) atoms. The number of hydrogen-bond acceptors (Lipinski definition) is 6. The van der Waals surface area contributed by atoms with Gasteiger partial charge in [0.25, 0.3) is 0 Å². The number of fused-ring (bicyclic) bond motifs is 1. The smallest absolute Gasteiger partial charge is 0.231 e. The van der Waals surface area contributed by atoms with Gasteiger partial charge < -0.3 is 23.4 Å². The standard InChI is InChI=1S/C23H27NO5/c1-3-23(25,4-2)22-10-8-19(29-22)15-24(14-18-6-5-11-26-18)13-17-7-9-20-21(12-17)28-16-27-20/h5-12,25H,3-4,13-16H2,1-2H3. The monoisotopic (exact) mass is 397 g/mol. The Morgan fingerprint density at radius 1 is 0.931 bits per heavy atom. The third kappa shape index (κ3) is 4.33. The van der Waals surface area contributed by atoms with Crippen LogP contribution < -0.4 is 9.47 Å². The third-order valence-corrected chi connectivity index (χ3v) is 5.47. The van der Waals surface area contributed by atoms with Gasteiger partial charge in [-0.15, -0.1) is 0 Å². The highest BCUT2D eigenvalue weighted by Crippen LogP contribution is 2.33. The number of benzene rings is 1. The van der Waals surface area contributed by atoms with Crippen LogP contribution in [0.15, 0.2) is 57.6 Å². The zero-order valence-electron chi connectivity index (χ0n) is 16.9. The summed E-state index contributed by atoms with van der Waals surface area (Å²) >= 11 is 0. The van der Waals surface area contributed by atoms with Gasteiger partial charge >= 0.3 is 0 Å². The molecular weight excluding hydrogens is 370 g/mol. The zero-order valence-corrected chi connectivity index (χ0v) is 16.9. The Morgan fingerprint density at radius 2 is 1.72 bits per heavy atom. The van der Waals surface area contributed by atoms with E-state index in [0.29, 0.717) is 38.2 Å². The molecule has 1 N–H and O–H groups in total. The van der Waals surface area contributed by atoms with Gasteiger partial charge in [-0.3, -0.25) is 4.90 Å². The molecule has 6 heteroatoms. The number of aliphatic hydroxyl groups is 1. The Bertz CT molecular complexity index is 927. The van der Waals surface area contributed by atoms with Crippen LogP contribution in [0.4, 0.5) is 0 Å². The van der Waals surface area contributed by atoms with Crippen LogP contribution in [0, 0.1) is 0 Å². The Labute approximate surface area is 170 Å². The predicted octanol–water partition coefficient (Wildman–Crippen LogP) is 4.81. The number of nitrogens with zero attached hydrogens (tertiary/aromatic N) is 1. The second kappa shape index (κ2) is 8.35. The Balaban J connectivity index is 1.52. The van der Waals surface area contributed by atoms with Gasteiger partial charge in [-0.05, 0) is 54.8 Å². The highest BCUT2D eigenvalue weighted by Gasteiger charge is 2.29. The summed E-state index contributed by atoms with van der Waals surface area (Å²) < 4.78 is 22.5. The molecule has 2 aromatic heterocycles. The quantitative estimate of drug-likeness (QED) is 0.559. The number of furan rings is 2. The largest absolute Gasteiger partial charge is 0.468 e. The maximum Gasteiger partial charge on any atom is 0.231 e. The van der Waals surface area contributed by atoms with Gasteiger partial charge in [-0.1, -0.05) is 19.9 Å². The lowest BCUT2D eigenvalue weighted by atomic mass is 9.95. The summed E-state index contributed by atoms with van der Waals surface area (Å²) in [4.78, 5) is 2.23. The molecule has 0 amide bonds. The van der Waals surface area contributed by atoms with Crippen molar-refractivity contribution in [3.63, 3.8) is 0 Å². The molecule has 3 aromatic rings. The van der Waals surface area contributed by atoms with Crippen LogP contribution in [0.2, 0.25) is 0 Å². The lowest BCUT2D eigenvalue weighted by Crippen LogP contribution is -2.23. The fourth-order valence-electron chi connectivity index (χ4n) is 3.62. The van der Waals surface area contributed by atoms with Crippen molar-refractivity contribution in [1.29, 1.82) is 0 Å². The summed E-state index contributed by atoms with van der Waals surface area (Å²) in [7, 11) is 0. The van der Waals surface area contributed by atoms with Crippen LogP contribution in [-0.2, 0) is 25.2 Å². The Hall–Kier alpha value is -2.70. The lowest BCUT2D eigenvalue weighted by molar-refractivity contribution is 0.00509. The van der Waals surface area contributed by atoms with Crippen molar-refractivity contribution in [2.45, 2.75) is 51.9 Å². The molecule has 1 aliphatic heterocycles. The molecular formula is C23H27NO5. The average Bonchev–Trinajstić information content (AvgIpc) is 3.49. The van der Waals surface area contributed by atoms with Gasteiger partial charge in [0.15, 0.2) is 11.5 Å². The average molecular weight is 397 g/mol. The summed E-state index contributed by atoms with van der Waals surface area (Å²) in [6, 6.07) is 13.7. The minimum absolute atomic E-state index is 0.266. The van der Waals surface area contributed by atoms with Crippen molar-refractivity contribution < 1.29 is 23.4 Å². The van der Waals surface area contributed by atoms with E-state index in [1.165, 1.54) is 0 Å². The molecule has 4 rings (SSSR count). The zero-order chi connectivity index (χ0) is 20.3. The molecule has 0 saturated heterocycles. The van der Waals surface area contributed by atoms with Gasteiger partial charge in [-0.2, -0.15) is 0 Å². The summed E-state index contributed by atoms with van der Waals surface area (Å²) in [5, 5.41) is 10.7. The van der Waals surface area contributed by atoms with Gasteiger partial charge in [0.05, 0.1) is 19.4 Å². The maximum absolute atomic E-state index is 10.7. The van der Waals surface area contributed by atoms with Crippen LogP contribution in [-0.4, -0.2) is 16.8 Å². The van der Waals surface area contributed by atoms with E-state index in [0.717, 1.165) is 28.6 Å². The van der Waals surface area contributed by atoms with Crippen LogP contribution in [0.5, 0.6) is 11.5 Å². The van der Waals surface area contributed by atoms with E-state index >= 15 is 0 Å². The van der Waals surface area contributed by atoms with Crippen LogP contribution >= 0.6 is 0 Å². The second-order valence-electron chi connectivity index (χ2n) is 7.42. The fourth-order valence-corrected chi connectivity index (χ4v) is 3.62. The van der Waals surface area contributed by atoms with E-state index in [1.54, 1.807) is 6.26 Å². The van der Waals surface area contributed by atoms with E-state index in [2.05, 4.69) is 4.90 Å². The molecule has 0 spiro atoms. The molecule has 3 heterocycles. The first-order chi connectivity index (χ1) is 14.1. The van der Waals surface area contributed by atoms with Gasteiger partial charge in [-0.25, -0.2) is 0 Å². The lowest BCUT2D eigenvalue weighted by Gasteiger charge is -2.23. The summed E-state index contributed by atoms with van der Waals surface area (Å²) in [6.45, 7) is 6.13. The molecule has 154 valence electrons. The van der Waals surface area contributed by atoms with Gasteiger partial charge in [0.1, 0.15) is 22.9 Å². The van der Waals surface area contributed by atoms with Crippen LogP contribution in [0.25, 0.3) is 0 Å². The third-order valence-electron chi connectivity index (χ3n) is 5.47. The molecule has 0 atom stereocenters. The number of rotatable bonds is 9. The normalized spacial score (nSPS) is 13.4. The molecule has 1 aromatic carbocycles. The fraction of sp³-hybridized carbons (Fsp3) is 0.391. The molecule has 0 fully saturated rings. The summed E-state index contributed by atoms with van der Waals surface area (Å²) in [5.74, 6) is 3.87. The van der Waals surface area contributed by atoms with E-state index in [4.69, 9.17) is 18.3 Å². The van der Waals surface area contributed by atoms with Crippen molar-refractivity contribution in [2.24, 2.45) is 0 Å². The topological polar surface area (TPSA) is 68.2 Å². The van der Waals surface area contributed by atoms with Gasteiger partial charge in [0, 0.05) is 6.54 Å². The number of ether oxygens (including phenoxy) is 2. The highest BCUT2D eigenvalue weighted by atomic mass is 16.7. The molecule has 0 unspecified atom stereocenters. The Kier molecular flexibility index (Phi) is 5.65. The molecule has 0 radical (unpaired) electrons. The Morgan fingerprint density at radius 3 is 2.48 bits per heavy atom. The molecule has 6 nitrogen and oxygen atoms in total. The van der Waals surface area contributed by atoms with Crippen LogP contribution in [0.3, 0.4) is 0 Å². The van der Waals surface area contributed by atoms with Gasteiger partial charge in [0.2, 0.25) is 6.79 Å². The SMILES string of the molecule is CCC(O)(CC)c1ccc(CN(Cc2ccc3c(c2)OCO3)Cc2ccco2)o1. The van der Waals surface area contributed by atoms with Crippen molar-refractivity contribution in [3.8, 4) is 11.5 Å². The first-order valence-corrected chi connectivity index (χ1v) is 10.0. The predicted molar refractivity (Wildman–Crippen MR) is 107 cm³/mol. The van der Waals surface area contributed by atoms with E-state index in [1.807, 2.05) is 56.3 Å². The van der Waals surface area contributed by atoms with E-state index in [9.17, 15) is 5.11 Å². The van der Waals surface area contributed by atoms with Crippen molar-refractivity contribution in [1.82, 2.24) is 4.90 Å². The van der Waals surface area contributed by atoms with Crippen LogP contribution in [0.1, 0.15) is 49.5 Å². The minimum Gasteiger partial charge on any atom is -0.468 e. The number of hydrogen-bond donors (Lipinski definition) is 1.